The number of rotatable bonds is 4. The molecule has 0 aromatic carbocycles. The number of hydrogen-bond donors (Lipinski definition) is 1. The number of aryl methyl sites for hydroxylation is 2. The van der Waals surface area contributed by atoms with E-state index in [9.17, 15) is 4.79 Å². The third-order valence-corrected chi connectivity index (χ3v) is 3.96. The number of piperazine rings is 1. The maximum Gasteiger partial charge on any atom is 0.274 e. The summed E-state index contributed by atoms with van der Waals surface area (Å²) in [6.07, 6.45) is 0. The molecule has 6 nitrogen and oxygen atoms in total. The van der Waals surface area contributed by atoms with Gasteiger partial charge in [0, 0.05) is 39.3 Å². The first-order valence-electron chi connectivity index (χ1n) is 7.78. The van der Waals surface area contributed by atoms with Crippen LogP contribution in [-0.2, 0) is 6.54 Å². The number of aromatic nitrogens is 2. The Balaban J connectivity index is 2.06. The van der Waals surface area contributed by atoms with Gasteiger partial charge in [0.25, 0.3) is 5.91 Å². The second kappa shape index (κ2) is 6.47. The Morgan fingerprint density at radius 1 is 1.29 bits per heavy atom. The lowest BCUT2D eigenvalue weighted by molar-refractivity contribution is 0.0613. The van der Waals surface area contributed by atoms with E-state index < -0.39 is 0 Å². The van der Waals surface area contributed by atoms with Gasteiger partial charge in [0.05, 0.1) is 11.4 Å². The van der Waals surface area contributed by atoms with Gasteiger partial charge in [-0.05, 0) is 19.8 Å². The van der Waals surface area contributed by atoms with E-state index in [1.807, 2.05) is 18.7 Å². The van der Waals surface area contributed by atoms with Crippen molar-refractivity contribution in [3.05, 3.63) is 11.4 Å². The molecule has 118 valence electrons. The molecule has 2 N–H and O–H groups in total. The van der Waals surface area contributed by atoms with E-state index in [2.05, 4.69) is 23.8 Å². The molecule has 0 bridgehead atoms. The fraction of sp³-hybridized carbons (Fsp3) is 0.733. The maximum atomic E-state index is 12.7. The fourth-order valence-corrected chi connectivity index (χ4v) is 2.85. The van der Waals surface area contributed by atoms with E-state index in [0.717, 1.165) is 38.4 Å². The zero-order valence-electron chi connectivity index (χ0n) is 13.6. The third-order valence-electron chi connectivity index (χ3n) is 3.96. The van der Waals surface area contributed by atoms with Crippen molar-refractivity contribution in [2.75, 3.05) is 38.5 Å². The van der Waals surface area contributed by atoms with Crippen LogP contribution in [0.5, 0.6) is 0 Å². The van der Waals surface area contributed by atoms with Crippen LogP contribution in [0.4, 0.5) is 5.69 Å². The lowest BCUT2D eigenvalue weighted by Gasteiger charge is -2.35. The van der Waals surface area contributed by atoms with Crippen molar-refractivity contribution in [1.29, 1.82) is 0 Å². The summed E-state index contributed by atoms with van der Waals surface area (Å²) in [5.74, 6) is 0.672. The third kappa shape index (κ3) is 3.37. The predicted octanol–water partition coefficient (Wildman–Crippen LogP) is 1.21. The summed E-state index contributed by atoms with van der Waals surface area (Å²) in [5.41, 5.74) is 7.84. The minimum atomic E-state index is 0.0131. The van der Waals surface area contributed by atoms with Crippen molar-refractivity contribution in [2.24, 2.45) is 5.92 Å². The monoisotopic (exact) mass is 293 g/mol. The van der Waals surface area contributed by atoms with Crippen LogP contribution in [0.3, 0.4) is 0 Å². The molecule has 2 heterocycles. The molecule has 1 aromatic heterocycles. The smallest absolute Gasteiger partial charge is 0.274 e. The molecule has 1 aliphatic heterocycles. The highest BCUT2D eigenvalue weighted by atomic mass is 16.2. The van der Waals surface area contributed by atoms with Crippen LogP contribution in [0.2, 0.25) is 0 Å². The highest BCUT2D eigenvalue weighted by Crippen LogP contribution is 2.19. The molecule has 1 fully saturated rings. The van der Waals surface area contributed by atoms with Crippen LogP contribution in [-0.4, -0.2) is 58.2 Å². The summed E-state index contributed by atoms with van der Waals surface area (Å²) >= 11 is 0. The Morgan fingerprint density at radius 2 is 1.90 bits per heavy atom. The van der Waals surface area contributed by atoms with Crippen LogP contribution in [0.15, 0.2) is 0 Å². The van der Waals surface area contributed by atoms with Gasteiger partial charge in [-0.15, -0.1) is 0 Å². The van der Waals surface area contributed by atoms with Crippen LogP contribution in [0.1, 0.15) is 37.0 Å². The molecule has 0 saturated carbocycles. The van der Waals surface area contributed by atoms with Crippen LogP contribution >= 0.6 is 0 Å². The SMILES string of the molecule is CCn1nc(C)c(N)c1C(=O)N1CCN(CC(C)C)CC1. The molecule has 0 radical (unpaired) electrons. The van der Waals surface area contributed by atoms with Gasteiger partial charge in [-0.1, -0.05) is 13.8 Å². The number of nitrogens with two attached hydrogens (primary N) is 1. The van der Waals surface area contributed by atoms with E-state index in [4.69, 9.17) is 5.73 Å². The molecule has 1 amide bonds. The van der Waals surface area contributed by atoms with Crippen molar-refractivity contribution in [1.82, 2.24) is 19.6 Å². The first-order chi connectivity index (χ1) is 9.93. The summed E-state index contributed by atoms with van der Waals surface area (Å²) in [7, 11) is 0. The standard InChI is InChI=1S/C15H27N5O/c1-5-20-14(13(16)12(4)17-20)15(21)19-8-6-18(7-9-19)10-11(2)3/h11H,5-10,16H2,1-4H3. The predicted molar refractivity (Wildman–Crippen MR) is 84.2 cm³/mol. The van der Waals surface area contributed by atoms with E-state index >= 15 is 0 Å². The molecule has 0 aliphatic carbocycles. The highest BCUT2D eigenvalue weighted by molar-refractivity contribution is 5.98. The van der Waals surface area contributed by atoms with E-state index in [1.165, 1.54) is 0 Å². The summed E-state index contributed by atoms with van der Waals surface area (Å²) < 4.78 is 1.72. The summed E-state index contributed by atoms with van der Waals surface area (Å²) in [6.45, 7) is 13.4. The van der Waals surface area contributed by atoms with Crippen LogP contribution in [0.25, 0.3) is 0 Å². The molecule has 2 rings (SSSR count). The van der Waals surface area contributed by atoms with Crippen molar-refractivity contribution < 1.29 is 4.79 Å². The quantitative estimate of drug-likeness (QED) is 0.906. The second-order valence-corrected chi connectivity index (χ2v) is 6.15. The molecule has 0 unspecified atom stereocenters. The number of carbonyl (C=O) groups excluding carboxylic acids is 1. The van der Waals surface area contributed by atoms with Gasteiger partial charge in [-0.3, -0.25) is 14.4 Å². The van der Waals surface area contributed by atoms with Gasteiger partial charge < -0.3 is 10.6 Å². The first kappa shape index (κ1) is 15.8. The maximum absolute atomic E-state index is 12.7. The molecule has 1 aromatic rings. The Kier molecular flexibility index (Phi) is 4.88. The van der Waals surface area contributed by atoms with E-state index in [-0.39, 0.29) is 5.91 Å². The van der Waals surface area contributed by atoms with E-state index in [1.54, 1.807) is 4.68 Å². The number of nitrogens with zero attached hydrogens (tertiary/aromatic N) is 4. The van der Waals surface area contributed by atoms with Crippen molar-refractivity contribution in [3.63, 3.8) is 0 Å². The highest BCUT2D eigenvalue weighted by Gasteiger charge is 2.27. The Labute approximate surface area is 126 Å². The lowest BCUT2D eigenvalue weighted by atomic mass is 10.2. The van der Waals surface area contributed by atoms with Gasteiger partial charge in [-0.2, -0.15) is 5.10 Å². The zero-order chi connectivity index (χ0) is 15.6. The Morgan fingerprint density at radius 3 is 2.43 bits per heavy atom. The van der Waals surface area contributed by atoms with Crippen LogP contribution < -0.4 is 5.73 Å². The minimum Gasteiger partial charge on any atom is -0.395 e. The number of hydrogen-bond acceptors (Lipinski definition) is 4. The normalized spacial score (nSPS) is 16.7. The first-order valence-corrected chi connectivity index (χ1v) is 7.78. The molecule has 21 heavy (non-hydrogen) atoms. The number of nitrogen functional groups attached to an aromatic ring is 1. The molecular formula is C15H27N5O. The summed E-state index contributed by atoms with van der Waals surface area (Å²) in [5, 5.41) is 4.33. The molecular weight excluding hydrogens is 266 g/mol. The minimum absolute atomic E-state index is 0.0131. The Hall–Kier alpha value is -1.56. The Bertz CT molecular complexity index is 500. The van der Waals surface area contributed by atoms with Gasteiger partial charge >= 0.3 is 0 Å². The second-order valence-electron chi connectivity index (χ2n) is 6.15. The van der Waals surface area contributed by atoms with E-state index in [0.29, 0.717) is 23.8 Å². The van der Waals surface area contributed by atoms with Gasteiger partial charge in [0.15, 0.2) is 0 Å². The van der Waals surface area contributed by atoms with Crippen molar-refractivity contribution in [2.45, 2.75) is 34.2 Å². The molecule has 1 aliphatic rings. The lowest BCUT2D eigenvalue weighted by Crippen LogP contribution is -2.49. The fourth-order valence-electron chi connectivity index (χ4n) is 2.85. The molecule has 6 heteroatoms. The summed E-state index contributed by atoms with van der Waals surface area (Å²) in [6, 6.07) is 0. The van der Waals surface area contributed by atoms with Gasteiger partial charge in [0.1, 0.15) is 5.69 Å². The average Bonchev–Trinajstić information content (AvgIpc) is 2.73. The molecule has 0 spiro atoms. The molecule has 0 atom stereocenters. The topological polar surface area (TPSA) is 67.4 Å². The van der Waals surface area contributed by atoms with Crippen LogP contribution in [0, 0.1) is 12.8 Å². The van der Waals surface area contributed by atoms with Gasteiger partial charge in [-0.25, -0.2) is 0 Å². The average molecular weight is 293 g/mol. The summed E-state index contributed by atoms with van der Waals surface area (Å²) in [4.78, 5) is 17.0. The zero-order valence-corrected chi connectivity index (χ0v) is 13.6. The van der Waals surface area contributed by atoms with Crippen molar-refractivity contribution in [3.8, 4) is 0 Å². The largest absolute Gasteiger partial charge is 0.395 e. The number of amides is 1. The number of carbonyl (C=O) groups is 1. The van der Waals surface area contributed by atoms with Crippen molar-refractivity contribution >= 4 is 11.6 Å². The molecule has 1 saturated heterocycles. The number of anilines is 1. The van der Waals surface area contributed by atoms with Gasteiger partial charge in [0.2, 0.25) is 0 Å².